The molecule has 9 heteroatoms. The molecule has 0 atom stereocenters. The van der Waals surface area contributed by atoms with Gasteiger partial charge in [-0.15, -0.1) is 0 Å². The number of pyridine rings is 1. The van der Waals surface area contributed by atoms with E-state index in [1.807, 2.05) is 30.1 Å². The third-order valence-corrected chi connectivity index (χ3v) is 5.95. The monoisotopic (exact) mass is 428 g/mol. The number of imide groups is 1. The van der Waals surface area contributed by atoms with Crippen molar-refractivity contribution in [2.75, 3.05) is 18.5 Å². The molecule has 4 rings (SSSR count). The Labute approximate surface area is 178 Å². The summed E-state index contributed by atoms with van der Waals surface area (Å²) < 4.78 is 27.0. The fourth-order valence-corrected chi connectivity index (χ4v) is 3.99. The largest absolute Gasteiger partial charge is 0.329 e. The van der Waals surface area contributed by atoms with E-state index in [1.165, 1.54) is 0 Å². The number of nitrogens with one attached hydrogen (secondary N) is 1. The van der Waals surface area contributed by atoms with Gasteiger partial charge in [0.05, 0.1) is 6.54 Å². The van der Waals surface area contributed by atoms with E-state index in [1.54, 1.807) is 30.5 Å². The second-order valence-corrected chi connectivity index (χ2v) is 7.98. The summed E-state index contributed by atoms with van der Waals surface area (Å²) in [6.07, 6.45) is 0.480. The van der Waals surface area contributed by atoms with Crippen molar-refractivity contribution in [3.05, 3.63) is 54.2 Å². The summed E-state index contributed by atoms with van der Waals surface area (Å²) in [5.41, 5.74) is -0.170. The minimum Gasteiger partial charge on any atom is -0.329 e. The smallest absolute Gasteiger partial charge is 0.325 e. The van der Waals surface area contributed by atoms with E-state index in [9.17, 15) is 23.2 Å². The number of amides is 3. The van der Waals surface area contributed by atoms with Gasteiger partial charge in [-0.05, 0) is 49.2 Å². The molecule has 1 saturated heterocycles. The minimum absolute atomic E-state index is 0.135. The lowest BCUT2D eigenvalue weighted by molar-refractivity contribution is -0.135. The first-order valence-electron chi connectivity index (χ1n) is 10.0. The standard InChI is InChI=1S/C22H22F2N4O3/c1-27(18-4-2-3-13-25-18)16-7-5-15(6-8-16)17(29)14-28-19(30)21(26-20(28)31)9-11-22(23,24)12-10-21/h2-8,13H,9-12,14H2,1H3,(H,26,31). The van der Waals surface area contributed by atoms with Crippen LogP contribution in [-0.2, 0) is 4.79 Å². The molecule has 2 fully saturated rings. The third kappa shape index (κ3) is 3.99. The molecule has 1 aliphatic heterocycles. The van der Waals surface area contributed by atoms with Crippen LogP contribution in [0, 0.1) is 0 Å². The molecule has 0 unspecified atom stereocenters. The van der Waals surface area contributed by atoms with Crippen LogP contribution in [0.3, 0.4) is 0 Å². The molecule has 2 aliphatic rings. The number of halogens is 2. The summed E-state index contributed by atoms with van der Waals surface area (Å²) in [6.45, 7) is -0.432. The van der Waals surface area contributed by atoms with Gasteiger partial charge in [-0.2, -0.15) is 0 Å². The average molecular weight is 428 g/mol. The molecule has 31 heavy (non-hydrogen) atoms. The SMILES string of the molecule is CN(c1ccc(C(=O)CN2C(=O)NC3(CCC(F)(F)CC3)C2=O)cc1)c1ccccn1. The van der Waals surface area contributed by atoms with Gasteiger partial charge in [0.25, 0.3) is 5.91 Å². The Hall–Kier alpha value is -3.36. The number of rotatable bonds is 5. The van der Waals surface area contributed by atoms with E-state index >= 15 is 0 Å². The highest BCUT2D eigenvalue weighted by molar-refractivity contribution is 6.11. The summed E-state index contributed by atoms with van der Waals surface area (Å²) in [4.78, 5) is 44.8. The number of hydrogen-bond donors (Lipinski definition) is 1. The number of carbonyl (C=O) groups is 3. The molecule has 1 N–H and O–H groups in total. The molecule has 0 bridgehead atoms. The van der Waals surface area contributed by atoms with Gasteiger partial charge in [-0.1, -0.05) is 6.07 Å². The maximum atomic E-state index is 13.5. The number of anilines is 2. The molecule has 2 heterocycles. The van der Waals surface area contributed by atoms with Gasteiger partial charge in [-0.25, -0.2) is 18.6 Å². The molecule has 162 valence electrons. The van der Waals surface area contributed by atoms with Crippen molar-refractivity contribution in [3.8, 4) is 0 Å². The average Bonchev–Trinajstić information content (AvgIpc) is 3.00. The number of urea groups is 1. The number of alkyl halides is 2. The lowest BCUT2D eigenvalue weighted by Gasteiger charge is -2.34. The van der Waals surface area contributed by atoms with Crippen LogP contribution in [0.25, 0.3) is 0 Å². The third-order valence-electron chi connectivity index (χ3n) is 5.95. The van der Waals surface area contributed by atoms with Gasteiger partial charge >= 0.3 is 6.03 Å². The van der Waals surface area contributed by atoms with E-state index in [2.05, 4.69) is 10.3 Å². The summed E-state index contributed by atoms with van der Waals surface area (Å²) in [7, 11) is 1.85. The number of aromatic nitrogens is 1. The molecular weight excluding hydrogens is 406 g/mol. The number of benzene rings is 1. The van der Waals surface area contributed by atoms with Gasteiger partial charge in [-0.3, -0.25) is 14.5 Å². The van der Waals surface area contributed by atoms with Crippen LogP contribution >= 0.6 is 0 Å². The van der Waals surface area contributed by atoms with Crippen LogP contribution in [0.5, 0.6) is 0 Å². The van der Waals surface area contributed by atoms with Gasteiger partial charge in [0, 0.05) is 37.3 Å². The molecule has 3 amide bonds. The first-order valence-corrected chi connectivity index (χ1v) is 10.0. The molecule has 2 aromatic rings. The van der Waals surface area contributed by atoms with Crippen LogP contribution in [-0.4, -0.2) is 52.7 Å². The van der Waals surface area contributed by atoms with Gasteiger partial charge in [0.1, 0.15) is 11.4 Å². The van der Waals surface area contributed by atoms with Crippen LogP contribution in [0.1, 0.15) is 36.0 Å². The summed E-state index contributed by atoms with van der Waals surface area (Å²) in [5.74, 6) is -3.10. The molecule has 7 nitrogen and oxygen atoms in total. The predicted octanol–water partition coefficient (Wildman–Crippen LogP) is 3.53. The normalized spacial score (nSPS) is 19.4. The van der Waals surface area contributed by atoms with Crippen molar-refractivity contribution in [1.29, 1.82) is 0 Å². The van der Waals surface area contributed by atoms with Gasteiger partial charge < -0.3 is 10.2 Å². The van der Waals surface area contributed by atoms with Crippen molar-refractivity contribution >= 4 is 29.2 Å². The second-order valence-electron chi connectivity index (χ2n) is 7.98. The highest BCUT2D eigenvalue weighted by Crippen LogP contribution is 2.41. The first-order chi connectivity index (χ1) is 14.7. The number of Topliss-reactive ketones (excluding diaryl/α,β-unsaturated/α-hetero) is 1. The van der Waals surface area contributed by atoms with Crippen LogP contribution in [0.4, 0.5) is 25.1 Å². The quantitative estimate of drug-likeness (QED) is 0.582. The molecule has 1 aromatic heterocycles. The van der Waals surface area contributed by atoms with Crippen molar-refractivity contribution in [2.45, 2.75) is 37.1 Å². The van der Waals surface area contributed by atoms with Crippen molar-refractivity contribution in [3.63, 3.8) is 0 Å². The van der Waals surface area contributed by atoms with Crippen LogP contribution < -0.4 is 10.2 Å². The zero-order chi connectivity index (χ0) is 22.2. The Morgan fingerprint density at radius 1 is 1.10 bits per heavy atom. The fraction of sp³-hybridized carbons (Fsp3) is 0.364. The fourth-order valence-electron chi connectivity index (χ4n) is 3.99. The van der Waals surface area contributed by atoms with E-state index in [0.717, 1.165) is 16.4 Å². The van der Waals surface area contributed by atoms with E-state index in [4.69, 9.17) is 0 Å². The lowest BCUT2D eigenvalue weighted by atomic mass is 9.80. The van der Waals surface area contributed by atoms with Crippen LogP contribution in [0.2, 0.25) is 0 Å². The Kier molecular flexibility index (Phi) is 5.20. The second kappa shape index (κ2) is 7.72. The number of carbonyl (C=O) groups excluding carboxylic acids is 3. The summed E-state index contributed by atoms with van der Waals surface area (Å²) >= 11 is 0. The van der Waals surface area contributed by atoms with Gasteiger partial charge in [0.2, 0.25) is 5.92 Å². The zero-order valence-electron chi connectivity index (χ0n) is 17.0. The highest BCUT2D eigenvalue weighted by atomic mass is 19.3. The molecule has 1 spiro atoms. The molecule has 1 saturated carbocycles. The number of hydrogen-bond acceptors (Lipinski definition) is 5. The Balaban J connectivity index is 1.44. The van der Waals surface area contributed by atoms with E-state index in [-0.39, 0.29) is 12.8 Å². The molecule has 1 aromatic carbocycles. The van der Waals surface area contributed by atoms with Crippen molar-refractivity contribution in [2.24, 2.45) is 0 Å². The van der Waals surface area contributed by atoms with Crippen LogP contribution in [0.15, 0.2) is 48.7 Å². The Bertz CT molecular complexity index is 1000. The predicted molar refractivity (Wildman–Crippen MR) is 109 cm³/mol. The zero-order valence-corrected chi connectivity index (χ0v) is 17.0. The lowest BCUT2D eigenvalue weighted by Crippen LogP contribution is -2.51. The Morgan fingerprint density at radius 2 is 1.77 bits per heavy atom. The maximum Gasteiger partial charge on any atom is 0.325 e. The van der Waals surface area contributed by atoms with Crippen molar-refractivity contribution in [1.82, 2.24) is 15.2 Å². The van der Waals surface area contributed by atoms with Gasteiger partial charge in [0.15, 0.2) is 5.78 Å². The molecular formula is C22H22F2N4O3. The van der Waals surface area contributed by atoms with E-state index in [0.29, 0.717) is 5.56 Å². The summed E-state index contributed by atoms with van der Waals surface area (Å²) in [5, 5.41) is 2.54. The highest BCUT2D eigenvalue weighted by Gasteiger charge is 2.55. The minimum atomic E-state index is -2.83. The molecule has 1 aliphatic carbocycles. The first kappa shape index (κ1) is 20.9. The maximum absolute atomic E-state index is 13.5. The van der Waals surface area contributed by atoms with E-state index < -0.39 is 48.6 Å². The summed E-state index contributed by atoms with van der Waals surface area (Å²) in [6, 6.07) is 11.6. The topological polar surface area (TPSA) is 82.6 Å². The number of nitrogens with zero attached hydrogens (tertiary/aromatic N) is 3. The molecule has 0 radical (unpaired) electrons. The number of ketones is 1. The Morgan fingerprint density at radius 3 is 2.39 bits per heavy atom. The van der Waals surface area contributed by atoms with Crippen molar-refractivity contribution < 1.29 is 23.2 Å².